The van der Waals surface area contributed by atoms with E-state index in [9.17, 15) is 14.7 Å². The Morgan fingerprint density at radius 2 is 1.91 bits per heavy atom. The van der Waals surface area contributed by atoms with E-state index < -0.39 is 11.8 Å². The van der Waals surface area contributed by atoms with Crippen molar-refractivity contribution in [3.8, 4) is 0 Å². The van der Waals surface area contributed by atoms with E-state index in [1.807, 2.05) is 37.2 Å². The lowest BCUT2D eigenvalue weighted by Crippen LogP contribution is -2.45. The minimum Gasteiger partial charge on any atom is -0.453 e. The maximum Gasteiger partial charge on any atom is 0.413 e. The Bertz CT molecular complexity index is 1430. The molecule has 1 aromatic heterocycles. The average Bonchev–Trinajstić information content (AvgIpc) is 3.35. The van der Waals surface area contributed by atoms with Gasteiger partial charge in [0.15, 0.2) is 5.72 Å². The summed E-state index contributed by atoms with van der Waals surface area (Å²) in [5.74, 6) is -0.0869. The van der Waals surface area contributed by atoms with E-state index in [1.165, 1.54) is 12.0 Å². The molecule has 3 aromatic carbocycles. The van der Waals surface area contributed by atoms with Crippen LogP contribution in [0.15, 0.2) is 66.7 Å². The fourth-order valence-corrected chi connectivity index (χ4v) is 4.29. The molecule has 0 spiro atoms. The second-order valence-electron chi connectivity index (χ2n) is 8.21. The van der Waals surface area contributed by atoms with Crippen molar-refractivity contribution in [2.75, 3.05) is 36.3 Å². The Morgan fingerprint density at radius 1 is 1.12 bits per heavy atom. The Labute approximate surface area is 195 Å². The number of fused-ring (bicyclic) bond motifs is 2. The summed E-state index contributed by atoms with van der Waals surface area (Å²) in [7, 11) is 5.09. The highest BCUT2D eigenvalue weighted by atomic mass is 16.5. The topological polar surface area (TPSA) is 111 Å². The number of benzene rings is 3. The largest absolute Gasteiger partial charge is 0.453 e. The van der Waals surface area contributed by atoms with Crippen LogP contribution in [-0.4, -0.2) is 48.3 Å². The monoisotopic (exact) mass is 457 g/mol. The van der Waals surface area contributed by atoms with E-state index in [1.54, 1.807) is 48.5 Å². The number of ether oxygens (including phenoxy) is 1. The maximum absolute atomic E-state index is 13.6. The van der Waals surface area contributed by atoms with E-state index in [4.69, 9.17) is 0 Å². The van der Waals surface area contributed by atoms with Crippen molar-refractivity contribution in [2.24, 2.45) is 0 Å². The molecule has 3 N–H and O–H groups in total. The summed E-state index contributed by atoms with van der Waals surface area (Å²) in [6.45, 7) is 0. The highest BCUT2D eigenvalue weighted by Crippen LogP contribution is 2.45. The van der Waals surface area contributed by atoms with Crippen LogP contribution in [0.5, 0.6) is 0 Å². The number of aromatic nitrogens is 2. The van der Waals surface area contributed by atoms with Crippen LogP contribution in [0.3, 0.4) is 0 Å². The van der Waals surface area contributed by atoms with Crippen LogP contribution < -0.4 is 15.1 Å². The number of hydrogen-bond donors (Lipinski definition) is 3. The molecule has 1 aliphatic heterocycles. The van der Waals surface area contributed by atoms with Crippen LogP contribution in [0, 0.1) is 0 Å². The van der Waals surface area contributed by atoms with Crippen molar-refractivity contribution in [3.05, 3.63) is 83.4 Å². The molecule has 5 rings (SSSR count). The smallest absolute Gasteiger partial charge is 0.413 e. The molecular weight excluding hydrogens is 434 g/mol. The number of H-pyrrole nitrogens is 1. The van der Waals surface area contributed by atoms with E-state index in [0.717, 1.165) is 5.69 Å². The average molecular weight is 457 g/mol. The molecule has 1 aliphatic rings. The third-order valence-corrected chi connectivity index (χ3v) is 5.95. The molecule has 2 heterocycles. The molecule has 1 atom stereocenters. The van der Waals surface area contributed by atoms with Crippen molar-refractivity contribution in [2.45, 2.75) is 5.72 Å². The Kier molecular flexibility index (Phi) is 4.98. The normalized spacial score (nSPS) is 17.1. The van der Waals surface area contributed by atoms with Crippen LogP contribution in [0.1, 0.15) is 21.5 Å². The first-order valence-electron chi connectivity index (χ1n) is 10.6. The van der Waals surface area contributed by atoms with E-state index >= 15 is 0 Å². The van der Waals surface area contributed by atoms with Crippen molar-refractivity contribution >= 4 is 40.4 Å². The fraction of sp³-hybridized carbons (Fsp3) is 0.160. The third kappa shape index (κ3) is 3.25. The number of anilines is 3. The van der Waals surface area contributed by atoms with Gasteiger partial charge in [-0.2, -0.15) is 0 Å². The SMILES string of the molecule is COC(=O)Nc1nc2ccc(C3(O)c4ccccc4C(=O)N3c3cccc(N(C)C)c3)cc2[nH]1. The lowest BCUT2D eigenvalue weighted by Gasteiger charge is -2.35. The van der Waals surface area contributed by atoms with Gasteiger partial charge in [0.2, 0.25) is 5.95 Å². The number of imidazole rings is 1. The molecule has 4 aromatic rings. The van der Waals surface area contributed by atoms with Gasteiger partial charge in [0.25, 0.3) is 5.91 Å². The lowest BCUT2D eigenvalue weighted by atomic mass is 9.93. The summed E-state index contributed by atoms with van der Waals surface area (Å²) in [6.07, 6.45) is -0.653. The lowest BCUT2D eigenvalue weighted by molar-refractivity contribution is 0.0704. The number of methoxy groups -OCH3 is 1. The van der Waals surface area contributed by atoms with Crippen LogP contribution >= 0.6 is 0 Å². The minimum atomic E-state index is -1.76. The molecule has 0 saturated carbocycles. The number of nitrogens with one attached hydrogen (secondary N) is 2. The quantitative estimate of drug-likeness (QED) is 0.431. The summed E-state index contributed by atoms with van der Waals surface area (Å²) >= 11 is 0. The minimum absolute atomic E-state index is 0.212. The van der Waals surface area contributed by atoms with Gasteiger partial charge in [0, 0.05) is 42.2 Å². The van der Waals surface area contributed by atoms with Gasteiger partial charge in [-0.15, -0.1) is 0 Å². The van der Waals surface area contributed by atoms with Crippen LogP contribution in [-0.2, 0) is 10.5 Å². The predicted octanol–water partition coefficient (Wildman–Crippen LogP) is 3.66. The first-order chi connectivity index (χ1) is 16.3. The molecule has 0 aliphatic carbocycles. The Morgan fingerprint density at radius 3 is 2.68 bits per heavy atom. The first kappa shape index (κ1) is 21.5. The van der Waals surface area contributed by atoms with Crippen molar-refractivity contribution < 1.29 is 19.4 Å². The number of aromatic amines is 1. The number of rotatable bonds is 4. The molecule has 172 valence electrons. The van der Waals surface area contributed by atoms with Crippen molar-refractivity contribution in [3.63, 3.8) is 0 Å². The van der Waals surface area contributed by atoms with E-state index in [-0.39, 0.29) is 11.9 Å². The number of amides is 2. The van der Waals surface area contributed by atoms with Crippen molar-refractivity contribution in [1.29, 1.82) is 0 Å². The van der Waals surface area contributed by atoms with Crippen LogP contribution in [0.2, 0.25) is 0 Å². The number of hydrogen-bond acceptors (Lipinski definition) is 6. The third-order valence-electron chi connectivity index (χ3n) is 5.95. The van der Waals surface area contributed by atoms with E-state index in [2.05, 4.69) is 20.0 Å². The highest BCUT2D eigenvalue weighted by molar-refractivity contribution is 6.12. The molecule has 1 unspecified atom stereocenters. The summed E-state index contributed by atoms with van der Waals surface area (Å²) in [6, 6.07) is 19.7. The summed E-state index contributed by atoms with van der Waals surface area (Å²) in [4.78, 5) is 35.8. The number of aliphatic hydroxyl groups is 1. The Hall–Kier alpha value is -4.37. The number of carbonyl (C=O) groups excluding carboxylic acids is 2. The maximum atomic E-state index is 13.6. The molecule has 34 heavy (non-hydrogen) atoms. The molecule has 2 amide bonds. The summed E-state index contributed by atoms with van der Waals surface area (Å²) in [5, 5.41) is 14.7. The zero-order valence-electron chi connectivity index (χ0n) is 18.9. The first-order valence-corrected chi connectivity index (χ1v) is 10.6. The molecule has 0 saturated heterocycles. The number of nitrogens with zero attached hydrogens (tertiary/aromatic N) is 3. The molecule has 0 radical (unpaired) electrons. The highest BCUT2D eigenvalue weighted by Gasteiger charge is 2.50. The number of carbonyl (C=O) groups is 2. The summed E-state index contributed by atoms with van der Waals surface area (Å²) < 4.78 is 4.61. The Balaban J connectivity index is 1.67. The zero-order chi connectivity index (χ0) is 24.0. The molecule has 0 fully saturated rings. The molecule has 0 bridgehead atoms. The predicted molar refractivity (Wildman–Crippen MR) is 129 cm³/mol. The second kappa shape index (κ2) is 7.89. The molecular formula is C25H23N5O4. The molecule has 9 heteroatoms. The van der Waals surface area contributed by atoms with E-state index in [0.29, 0.717) is 33.4 Å². The van der Waals surface area contributed by atoms with Gasteiger partial charge in [-0.3, -0.25) is 15.0 Å². The second-order valence-corrected chi connectivity index (χ2v) is 8.21. The zero-order valence-corrected chi connectivity index (χ0v) is 18.9. The molecule has 9 nitrogen and oxygen atoms in total. The van der Waals surface area contributed by atoms with Gasteiger partial charge >= 0.3 is 6.09 Å². The van der Waals surface area contributed by atoms with Gasteiger partial charge in [-0.05, 0) is 36.4 Å². The van der Waals surface area contributed by atoms with Gasteiger partial charge in [0.1, 0.15) is 0 Å². The van der Waals surface area contributed by atoms with Gasteiger partial charge < -0.3 is 19.7 Å². The standard InChI is InChI=1S/C25H23N5O4/c1-29(2)16-7-6-8-17(14-16)30-22(31)18-9-4-5-10-19(18)25(30,33)15-11-12-20-21(13-15)27-23(26-20)28-24(32)34-3/h4-14,33H,1-3H3,(H2,26,27,28,32). The fourth-order valence-electron chi connectivity index (χ4n) is 4.29. The summed E-state index contributed by atoms with van der Waals surface area (Å²) in [5.41, 5.74) is 2.25. The van der Waals surface area contributed by atoms with Gasteiger partial charge in [-0.25, -0.2) is 9.78 Å². The van der Waals surface area contributed by atoms with Crippen molar-refractivity contribution in [1.82, 2.24) is 9.97 Å². The van der Waals surface area contributed by atoms with Crippen LogP contribution in [0.4, 0.5) is 22.1 Å². The van der Waals surface area contributed by atoms with Gasteiger partial charge in [0.05, 0.1) is 18.1 Å². The van der Waals surface area contributed by atoms with Crippen LogP contribution in [0.25, 0.3) is 11.0 Å². The van der Waals surface area contributed by atoms with Gasteiger partial charge in [-0.1, -0.05) is 30.3 Å².